The normalized spacial score (nSPS) is 11.2. The van der Waals surface area contributed by atoms with E-state index < -0.39 is 0 Å². The van der Waals surface area contributed by atoms with Crippen LogP contribution in [0.5, 0.6) is 5.75 Å². The maximum absolute atomic E-state index is 12.5. The number of benzene rings is 3. The zero-order valence-electron chi connectivity index (χ0n) is 16.0. The van der Waals surface area contributed by atoms with E-state index in [4.69, 9.17) is 16.3 Å². The molecule has 0 fully saturated rings. The summed E-state index contributed by atoms with van der Waals surface area (Å²) in [6.45, 7) is 1.66. The van der Waals surface area contributed by atoms with E-state index in [0.717, 1.165) is 10.8 Å². The van der Waals surface area contributed by atoms with Gasteiger partial charge in [0.05, 0.1) is 19.2 Å². The van der Waals surface area contributed by atoms with Crippen LogP contribution in [0.25, 0.3) is 10.8 Å². The number of carbonyl (C=O) groups is 2. The van der Waals surface area contributed by atoms with Gasteiger partial charge in [0.2, 0.25) is 5.91 Å². The molecule has 0 unspecified atom stereocenters. The van der Waals surface area contributed by atoms with E-state index in [2.05, 4.69) is 15.8 Å². The fraction of sp³-hybridized carbons (Fsp3) is 0.136. The maximum atomic E-state index is 12.5. The summed E-state index contributed by atoms with van der Waals surface area (Å²) in [4.78, 5) is 24.8. The second-order valence-corrected chi connectivity index (χ2v) is 6.82. The van der Waals surface area contributed by atoms with Crippen molar-refractivity contribution in [1.82, 2.24) is 5.43 Å². The summed E-state index contributed by atoms with van der Waals surface area (Å²) in [5, 5.41) is 9.07. The van der Waals surface area contributed by atoms with Crippen LogP contribution in [0.3, 0.4) is 0 Å². The van der Waals surface area contributed by atoms with E-state index in [0.29, 0.717) is 27.7 Å². The zero-order chi connectivity index (χ0) is 20.8. The molecule has 3 aromatic rings. The van der Waals surface area contributed by atoms with Crippen molar-refractivity contribution in [2.24, 2.45) is 5.10 Å². The van der Waals surface area contributed by atoms with Crippen LogP contribution in [0, 0.1) is 0 Å². The highest BCUT2D eigenvalue weighted by molar-refractivity contribution is 6.31. The van der Waals surface area contributed by atoms with Gasteiger partial charge in [-0.1, -0.05) is 48.0 Å². The Hall–Kier alpha value is -3.38. The van der Waals surface area contributed by atoms with E-state index >= 15 is 0 Å². The van der Waals surface area contributed by atoms with Crippen LogP contribution in [-0.4, -0.2) is 24.6 Å². The summed E-state index contributed by atoms with van der Waals surface area (Å²) in [5.74, 6) is -0.133. The van der Waals surface area contributed by atoms with Crippen molar-refractivity contribution in [3.63, 3.8) is 0 Å². The molecule has 0 aliphatic carbocycles. The lowest BCUT2D eigenvalue weighted by Crippen LogP contribution is -2.21. The van der Waals surface area contributed by atoms with Gasteiger partial charge in [-0.3, -0.25) is 9.59 Å². The van der Waals surface area contributed by atoms with Gasteiger partial charge in [0.25, 0.3) is 5.91 Å². The Balaban J connectivity index is 1.65. The van der Waals surface area contributed by atoms with E-state index in [1.54, 1.807) is 31.2 Å². The Morgan fingerprint density at radius 2 is 1.83 bits per heavy atom. The monoisotopic (exact) mass is 409 g/mol. The molecule has 0 atom stereocenters. The molecule has 148 valence electrons. The number of ether oxygens (including phenoxy) is 1. The number of rotatable bonds is 6. The SMILES string of the molecule is COc1ccc(Cl)cc1NC(=O)CC(C)=NNC(=O)c1cccc2ccccc12. The molecule has 0 radical (unpaired) electrons. The van der Waals surface area contributed by atoms with Crippen molar-refractivity contribution in [1.29, 1.82) is 0 Å². The number of amides is 2. The average molecular weight is 410 g/mol. The van der Waals surface area contributed by atoms with E-state index in [1.807, 2.05) is 36.4 Å². The zero-order valence-corrected chi connectivity index (χ0v) is 16.8. The highest BCUT2D eigenvalue weighted by atomic mass is 35.5. The fourth-order valence-corrected chi connectivity index (χ4v) is 3.05. The lowest BCUT2D eigenvalue weighted by atomic mass is 10.0. The van der Waals surface area contributed by atoms with Crippen molar-refractivity contribution >= 4 is 45.6 Å². The third kappa shape index (κ3) is 5.12. The molecule has 0 aliphatic rings. The number of nitrogens with one attached hydrogen (secondary N) is 2. The molecule has 6 nitrogen and oxygen atoms in total. The molecule has 3 aromatic carbocycles. The lowest BCUT2D eigenvalue weighted by molar-refractivity contribution is -0.115. The van der Waals surface area contributed by atoms with Gasteiger partial charge in [-0.25, -0.2) is 5.43 Å². The first-order valence-electron chi connectivity index (χ1n) is 8.92. The van der Waals surface area contributed by atoms with Crippen LogP contribution in [0.2, 0.25) is 5.02 Å². The summed E-state index contributed by atoms with van der Waals surface area (Å²) >= 11 is 5.97. The first kappa shape index (κ1) is 20.4. The standard InChI is InChI=1S/C22H20ClN3O3/c1-14(12-21(27)24-19-13-16(23)10-11-20(19)29-2)25-26-22(28)18-9-5-7-15-6-3-4-8-17(15)18/h3-11,13H,12H2,1-2H3,(H,24,27)(H,26,28). The van der Waals surface area contributed by atoms with Gasteiger partial charge in [-0.2, -0.15) is 5.10 Å². The van der Waals surface area contributed by atoms with Gasteiger partial charge in [0, 0.05) is 16.3 Å². The molecular formula is C22H20ClN3O3. The predicted octanol–water partition coefficient (Wildman–Crippen LogP) is 4.64. The second-order valence-electron chi connectivity index (χ2n) is 6.38. The number of hydrogen-bond acceptors (Lipinski definition) is 4. The number of hydrazone groups is 1. The number of fused-ring (bicyclic) bond motifs is 1. The smallest absolute Gasteiger partial charge is 0.271 e. The van der Waals surface area contributed by atoms with Crippen LogP contribution in [0.4, 0.5) is 5.69 Å². The predicted molar refractivity (Wildman–Crippen MR) is 116 cm³/mol. The minimum atomic E-state index is -0.335. The Bertz CT molecular complexity index is 1090. The number of anilines is 1. The topological polar surface area (TPSA) is 79.8 Å². The number of nitrogens with zero attached hydrogens (tertiary/aromatic N) is 1. The number of hydrogen-bond donors (Lipinski definition) is 2. The summed E-state index contributed by atoms with van der Waals surface area (Å²) in [6, 6.07) is 18.1. The molecule has 0 heterocycles. The van der Waals surface area contributed by atoms with Gasteiger partial charge < -0.3 is 10.1 Å². The first-order valence-corrected chi connectivity index (χ1v) is 9.30. The summed E-state index contributed by atoms with van der Waals surface area (Å²) in [6.07, 6.45) is 0.00544. The van der Waals surface area contributed by atoms with Crippen molar-refractivity contribution in [3.05, 3.63) is 71.2 Å². The van der Waals surface area contributed by atoms with Crippen molar-refractivity contribution in [2.45, 2.75) is 13.3 Å². The number of halogens is 1. The van der Waals surface area contributed by atoms with Crippen LogP contribution in [-0.2, 0) is 4.79 Å². The molecule has 29 heavy (non-hydrogen) atoms. The molecular weight excluding hydrogens is 390 g/mol. The van der Waals surface area contributed by atoms with Crippen molar-refractivity contribution in [3.8, 4) is 5.75 Å². The molecule has 2 N–H and O–H groups in total. The third-order valence-corrected chi connectivity index (χ3v) is 4.47. The van der Waals surface area contributed by atoms with Gasteiger partial charge in [0.1, 0.15) is 5.75 Å². The van der Waals surface area contributed by atoms with E-state index in [9.17, 15) is 9.59 Å². The molecule has 7 heteroatoms. The molecule has 0 saturated heterocycles. The summed E-state index contributed by atoms with van der Waals surface area (Å²) in [7, 11) is 1.51. The minimum Gasteiger partial charge on any atom is -0.495 e. The first-order chi connectivity index (χ1) is 14.0. The molecule has 3 rings (SSSR count). The number of carbonyl (C=O) groups excluding carboxylic acids is 2. The average Bonchev–Trinajstić information content (AvgIpc) is 2.71. The lowest BCUT2D eigenvalue weighted by Gasteiger charge is -2.10. The van der Waals surface area contributed by atoms with E-state index in [1.165, 1.54) is 7.11 Å². The van der Waals surface area contributed by atoms with Crippen LogP contribution in [0.1, 0.15) is 23.7 Å². The molecule has 0 bridgehead atoms. The van der Waals surface area contributed by atoms with Crippen molar-refractivity contribution in [2.75, 3.05) is 12.4 Å². The van der Waals surface area contributed by atoms with E-state index in [-0.39, 0.29) is 18.2 Å². The fourth-order valence-electron chi connectivity index (χ4n) is 2.87. The molecule has 2 amide bonds. The summed E-state index contributed by atoms with van der Waals surface area (Å²) in [5.41, 5.74) is 3.96. The maximum Gasteiger partial charge on any atom is 0.271 e. The summed E-state index contributed by atoms with van der Waals surface area (Å²) < 4.78 is 5.21. The Labute approximate surface area is 173 Å². The van der Waals surface area contributed by atoms with Crippen molar-refractivity contribution < 1.29 is 14.3 Å². The Morgan fingerprint density at radius 3 is 2.62 bits per heavy atom. The highest BCUT2D eigenvalue weighted by Crippen LogP contribution is 2.27. The third-order valence-electron chi connectivity index (χ3n) is 4.23. The quantitative estimate of drug-likeness (QED) is 0.460. The van der Waals surface area contributed by atoms with Crippen LogP contribution in [0.15, 0.2) is 65.8 Å². The molecule has 0 aromatic heterocycles. The highest BCUT2D eigenvalue weighted by Gasteiger charge is 2.11. The Morgan fingerprint density at radius 1 is 1.07 bits per heavy atom. The Kier molecular flexibility index (Phi) is 6.46. The number of methoxy groups -OCH3 is 1. The van der Waals surface area contributed by atoms with Gasteiger partial charge in [0.15, 0.2) is 0 Å². The largest absolute Gasteiger partial charge is 0.495 e. The van der Waals surface area contributed by atoms with Crippen LogP contribution < -0.4 is 15.5 Å². The van der Waals surface area contributed by atoms with Crippen LogP contribution >= 0.6 is 11.6 Å². The second kappa shape index (κ2) is 9.21. The van der Waals surface area contributed by atoms with Gasteiger partial charge >= 0.3 is 0 Å². The molecule has 0 saturated carbocycles. The molecule has 0 aliphatic heterocycles. The minimum absolute atomic E-state index is 0.00544. The van der Waals surface area contributed by atoms with Gasteiger partial charge in [-0.05, 0) is 42.0 Å². The van der Waals surface area contributed by atoms with Gasteiger partial charge in [-0.15, -0.1) is 0 Å². The molecule has 0 spiro atoms.